The molecule has 0 saturated heterocycles. The average Bonchev–Trinajstić information content (AvgIpc) is 1.58. The maximum Gasteiger partial charge on any atom is 0.308 e. The van der Waals surface area contributed by atoms with E-state index in [0.29, 0.717) is 0 Å². The lowest BCUT2D eigenvalue weighted by Gasteiger charge is -2.39. The van der Waals surface area contributed by atoms with Crippen molar-refractivity contribution < 1.29 is 34.3 Å². The lowest BCUT2D eigenvalue weighted by Crippen LogP contribution is -2.61. The minimum atomic E-state index is -2.85. The second-order valence-corrected chi connectivity index (χ2v) is 1.14. The molecule has 0 spiro atoms. The van der Waals surface area contributed by atoms with Crippen LogP contribution in [-0.2, 0) is 9.14 Å². The first kappa shape index (κ1) is 9.91. The molecule has 0 heterocycles. The van der Waals surface area contributed by atoms with Crippen LogP contribution in [0.4, 0.5) is 0 Å². The van der Waals surface area contributed by atoms with Crippen LogP contribution < -0.4 is 25.1 Å². The van der Waals surface area contributed by atoms with Gasteiger partial charge in [0.05, 0.1) is 0 Å². The Bertz CT molecular complexity index is 70.9. The molecular formula is B3O7-5. The molecule has 0 aliphatic heterocycles. The average molecular weight is 144 g/mol. The van der Waals surface area contributed by atoms with Crippen molar-refractivity contribution in [3.63, 3.8) is 0 Å². The molecule has 0 saturated carbocycles. The molecule has 10 heteroatoms. The zero-order valence-electron chi connectivity index (χ0n) is 4.59. The van der Waals surface area contributed by atoms with E-state index in [0.717, 1.165) is 0 Å². The summed E-state index contributed by atoms with van der Waals surface area (Å²) in [5.41, 5.74) is 0. The number of rotatable bonds is 4. The molecule has 56 valence electrons. The number of hydrogen-bond donors (Lipinski definition) is 0. The summed E-state index contributed by atoms with van der Waals surface area (Å²) in [4.78, 5) is 0. The van der Waals surface area contributed by atoms with Crippen molar-refractivity contribution in [2.45, 2.75) is 0 Å². The predicted molar refractivity (Wildman–Crippen MR) is 19.4 cm³/mol. The van der Waals surface area contributed by atoms with E-state index in [1.807, 2.05) is 0 Å². The SMILES string of the molecule is [O-]B([O-])OB([O-])OB([O-])[O-]. The molecule has 0 N–H and O–H groups in total. The Balaban J connectivity index is 3.34. The van der Waals surface area contributed by atoms with Crippen molar-refractivity contribution in [1.82, 2.24) is 0 Å². The van der Waals surface area contributed by atoms with Crippen LogP contribution in [0.1, 0.15) is 0 Å². The fraction of sp³-hybridized carbons (Fsp3) is 0. The van der Waals surface area contributed by atoms with Gasteiger partial charge in [-0.25, -0.2) is 0 Å². The van der Waals surface area contributed by atoms with E-state index in [2.05, 4.69) is 9.14 Å². The summed E-state index contributed by atoms with van der Waals surface area (Å²) < 4.78 is 6.54. The second-order valence-electron chi connectivity index (χ2n) is 1.14. The largest absolute Gasteiger partial charge is 0.872 e. The van der Waals surface area contributed by atoms with Crippen LogP contribution in [-0.4, -0.2) is 22.0 Å². The topological polar surface area (TPSA) is 134 Å². The van der Waals surface area contributed by atoms with Crippen molar-refractivity contribution in [3.05, 3.63) is 0 Å². The van der Waals surface area contributed by atoms with Gasteiger partial charge in [-0.15, -0.1) is 0 Å². The van der Waals surface area contributed by atoms with E-state index in [9.17, 15) is 25.1 Å². The Morgan fingerprint density at radius 3 is 1.20 bits per heavy atom. The first-order valence-electron chi connectivity index (χ1n) is 2.12. The Morgan fingerprint density at radius 1 is 0.700 bits per heavy atom. The molecule has 0 aromatic rings. The third-order valence-corrected chi connectivity index (χ3v) is 0.444. The van der Waals surface area contributed by atoms with Gasteiger partial charge in [0, 0.05) is 14.6 Å². The van der Waals surface area contributed by atoms with Gasteiger partial charge in [0.15, 0.2) is 0 Å². The van der Waals surface area contributed by atoms with Crippen molar-refractivity contribution in [2.75, 3.05) is 0 Å². The third-order valence-electron chi connectivity index (χ3n) is 0.444. The summed E-state index contributed by atoms with van der Waals surface area (Å²) in [6.07, 6.45) is 0. The van der Waals surface area contributed by atoms with Gasteiger partial charge >= 0.3 is 7.32 Å². The van der Waals surface area contributed by atoms with Crippen LogP contribution >= 0.6 is 0 Å². The molecule has 0 aliphatic carbocycles. The molecule has 0 rings (SSSR count). The predicted octanol–water partition coefficient (Wildman–Crippen LogP) is -7.22. The summed E-state index contributed by atoms with van der Waals surface area (Å²) in [6, 6.07) is 0. The lowest BCUT2D eigenvalue weighted by atomic mass is 10.1. The second kappa shape index (κ2) is 4.69. The van der Waals surface area contributed by atoms with Crippen LogP contribution in [0.5, 0.6) is 0 Å². The molecular weight excluding hydrogens is 144 g/mol. The van der Waals surface area contributed by atoms with E-state index in [-0.39, 0.29) is 0 Å². The maximum atomic E-state index is 9.90. The molecule has 0 unspecified atom stereocenters. The molecule has 0 bridgehead atoms. The van der Waals surface area contributed by atoms with Crippen LogP contribution in [0.15, 0.2) is 0 Å². The highest BCUT2D eigenvalue weighted by Crippen LogP contribution is 1.75. The monoisotopic (exact) mass is 145 g/mol. The zero-order valence-corrected chi connectivity index (χ0v) is 4.59. The molecule has 10 heavy (non-hydrogen) atoms. The molecule has 0 aliphatic rings. The van der Waals surface area contributed by atoms with E-state index < -0.39 is 22.0 Å². The first-order valence-corrected chi connectivity index (χ1v) is 2.12. The minimum absolute atomic E-state index is 2.58. The van der Waals surface area contributed by atoms with Crippen molar-refractivity contribution in [2.24, 2.45) is 0 Å². The van der Waals surface area contributed by atoms with Crippen LogP contribution in [0.3, 0.4) is 0 Å². The Hall–Kier alpha value is -0.0852. The van der Waals surface area contributed by atoms with Crippen molar-refractivity contribution in [3.8, 4) is 0 Å². The van der Waals surface area contributed by atoms with Gasteiger partial charge in [-0.1, -0.05) is 0 Å². The smallest absolute Gasteiger partial charge is 0.308 e. The normalized spacial score (nSPS) is 9.30. The third kappa shape index (κ3) is 6.04. The highest BCUT2D eigenvalue weighted by atomic mass is 16.7. The van der Waals surface area contributed by atoms with Gasteiger partial charge < -0.3 is 34.3 Å². The molecule has 0 atom stereocenters. The van der Waals surface area contributed by atoms with Gasteiger partial charge in [-0.3, -0.25) is 0 Å². The zero-order chi connectivity index (χ0) is 8.15. The van der Waals surface area contributed by atoms with Crippen LogP contribution in [0.2, 0.25) is 0 Å². The highest BCUT2D eigenvalue weighted by Gasteiger charge is 1.93. The fourth-order valence-electron chi connectivity index (χ4n) is 0.214. The molecule has 0 aromatic carbocycles. The maximum absolute atomic E-state index is 9.90. The van der Waals surface area contributed by atoms with Crippen LogP contribution in [0, 0.1) is 0 Å². The molecule has 7 nitrogen and oxygen atoms in total. The quantitative estimate of drug-likeness (QED) is 0.358. The van der Waals surface area contributed by atoms with E-state index in [1.54, 1.807) is 0 Å². The molecule has 0 radical (unpaired) electrons. The van der Waals surface area contributed by atoms with Crippen LogP contribution in [0.25, 0.3) is 0 Å². The highest BCUT2D eigenvalue weighted by molar-refractivity contribution is 6.52. The van der Waals surface area contributed by atoms with Gasteiger partial charge in [-0.05, 0) is 0 Å². The molecule has 0 aromatic heterocycles. The summed E-state index contributed by atoms with van der Waals surface area (Å²) in [6.45, 7) is 0. The van der Waals surface area contributed by atoms with Gasteiger partial charge in [0.1, 0.15) is 0 Å². The first-order chi connectivity index (χ1) is 4.52. The minimum Gasteiger partial charge on any atom is -0.872 e. The van der Waals surface area contributed by atoms with E-state index in [4.69, 9.17) is 0 Å². The van der Waals surface area contributed by atoms with Gasteiger partial charge in [-0.2, -0.15) is 0 Å². The molecule has 0 fully saturated rings. The lowest BCUT2D eigenvalue weighted by molar-refractivity contribution is -0.391. The summed E-state index contributed by atoms with van der Waals surface area (Å²) in [5.74, 6) is 0. The van der Waals surface area contributed by atoms with Gasteiger partial charge in [0.2, 0.25) is 0 Å². The Morgan fingerprint density at radius 2 is 1.00 bits per heavy atom. The van der Waals surface area contributed by atoms with E-state index in [1.165, 1.54) is 0 Å². The Kier molecular flexibility index (Phi) is 4.65. The Labute approximate surface area is 57.4 Å². The summed E-state index contributed by atoms with van der Waals surface area (Å²) in [7, 11) is -8.28. The van der Waals surface area contributed by atoms with Crippen molar-refractivity contribution >= 4 is 22.0 Å². The number of hydrogen-bond acceptors (Lipinski definition) is 7. The van der Waals surface area contributed by atoms with Crippen molar-refractivity contribution in [1.29, 1.82) is 0 Å². The summed E-state index contributed by atoms with van der Waals surface area (Å²) in [5, 5.41) is 47.7. The standard InChI is InChI=1S/B3O7/c4-1(5)9-3(8)10-2(6)7/q-5. The van der Waals surface area contributed by atoms with E-state index >= 15 is 0 Å². The molecule has 0 amide bonds. The summed E-state index contributed by atoms with van der Waals surface area (Å²) >= 11 is 0. The fourth-order valence-corrected chi connectivity index (χ4v) is 0.214. The van der Waals surface area contributed by atoms with Gasteiger partial charge in [0.25, 0.3) is 0 Å².